The van der Waals surface area contributed by atoms with Gasteiger partial charge in [0.05, 0.1) is 24.9 Å². The van der Waals surface area contributed by atoms with Gasteiger partial charge in [-0.15, -0.1) is 0 Å². The Hall–Kier alpha value is -2.63. The molecular weight excluding hydrogens is 378 g/mol. The van der Waals surface area contributed by atoms with Crippen molar-refractivity contribution in [1.29, 1.82) is 0 Å². The van der Waals surface area contributed by atoms with Crippen LogP contribution < -0.4 is 4.74 Å². The van der Waals surface area contributed by atoms with Crippen LogP contribution in [0.25, 0.3) is 0 Å². The van der Waals surface area contributed by atoms with Crippen LogP contribution in [0.4, 0.5) is 0 Å². The molecule has 1 aliphatic heterocycles. The number of rotatable bonds is 8. The lowest BCUT2D eigenvalue weighted by Crippen LogP contribution is -2.28. The first-order chi connectivity index (χ1) is 14.3. The summed E-state index contributed by atoms with van der Waals surface area (Å²) in [6, 6.07) is 5.92. The van der Waals surface area contributed by atoms with Crippen LogP contribution in [0.1, 0.15) is 44.7 Å². The highest BCUT2D eigenvalue weighted by molar-refractivity contribution is 6.20. The number of likely N-dealkylation sites (tertiary alicyclic amines) is 1. The summed E-state index contributed by atoms with van der Waals surface area (Å²) in [5.74, 6) is 2.38. The maximum Gasteiger partial charge on any atom is 0.339 e. The first-order valence-corrected chi connectivity index (χ1v) is 10.7. The zero-order valence-electron chi connectivity index (χ0n) is 18.7. The Balaban J connectivity index is 1.83. The fourth-order valence-corrected chi connectivity index (χ4v) is 4.05. The third-order valence-electron chi connectivity index (χ3n) is 6.29. The van der Waals surface area contributed by atoms with Crippen LogP contribution in [0.5, 0.6) is 5.75 Å². The molecule has 1 aromatic rings. The second-order valence-corrected chi connectivity index (χ2v) is 8.50. The summed E-state index contributed by atoms with van der Waals surface area (Å²) in [6.45, 7) is 10.5. The number of methoxy groups -OCH3 is 1. The SMILES string of the molecule is CCC(C)C(=NCc1ccc(OC)c(C)c1)/C(=C\N=C(C)N1CC2CC2C1)C(=O)O. The number of amidine groups is 1. The Kier molecular flexibility index (Phi) is 6.95. The van der Waals surface area contributed by atoms with Crippen molar-refractivity contribution in [1.82, 2.24) is 4.90 Å². The molecule has 30 heavy (non-hydrogen) atoms. The minimum absolute atomic E-state index is 0.0293. The Bertz CT molecular complexity index is 878. The summed E-state index contributed by atoms with van der Waals surface area (Å²) in [6.07, 6.45) is 3.63. The highest BCUT2D eigenvalue weighted by atomic mass is 16.5. The Morgan fingerprint density at radius 1 is 1.37 bits per heavy atom. The van der Waals surface area contributed by atoms with Crippen LogP contribution >= 0.6 is 0 Å². The topological polar surface area (TPSA) is 74.5 Å². The van der Waals surface area contributed by atoms with Gasteiger partial charge in [-0.25, -0.2) is 9.79 Å². The number of nitrogens with zero attached hydrogens (tertiary/aromatic N) is 3. The van der Waals surface area contributed by atoms with Crippen LogP contribution in [0.2, 0.25) is 0 Å². The molecule has 1 N–H and O–H groups in total. The van der Waals surface area contributed by atoms with Crippen LogP contribution in [0, 0.1) is 24.7 Å². The number of carboxylic acid groups (broad SMARTS) is 1. The number of hydrogen-bond acceptors (Lipinski definition) is 4. The van der Waals surface area contributed by atoms with Crippen molar-refractivity contribution in [3.8, 4) is 5.75 Å². The largest absolute Gasteiger partial charge is 0.496 e. The van der Waals surface area contributed by atoms with Gasteiger partial charge in [0.25, 0.3) is 0 Å². The molecule has 1 heterocycles. The van der Waals surface area contributed by atoms with Gasteiger partial charge in [0.2, 0.25) is 0 Å². The summed E-state index contributed by atoms with van der Waals surface area (Å²) in [5.41, 5.74) is 2.83. The average molecular weight is 412 g/mol. The summed E-state index contributed by atoms with van der Waals surface area (Å²) in [7, 11) is 1.65. The first-order valence-electron chi connectivity index (χ1n) is 10.7. The molecule has 0 amide bonds. The van der Waals surface area contributed by atoms with E-state index in [2.05, 4.69) is 9.89 Å². The molecule has 1 aliphatic carbocycles. The van der Waals surface area contributed by atoms with Crippen molar-refractivity contribution in [3.63, 3.8) is 0 Å². The van der Waals surface area contributed by atoms with Crippen molar-refractivity contribution in [2.75, 3.05) is 20.2 Å². The molecule has 162 valence electrons. The van der Waals surface area contributed by atoms with E-state index in [0.29, 0.717) is 12.3 Å². The van der Waals surface area contributed by atoms with Gasteiger partial charge in [-0.3, -0.25) is 4.99 Å². The molecule has 3 rings (SSSR count). The fourth-order valence-electron chi connectivity index (χ4n) is 4.05. The van der Waals surface area contributed by atoms with Crippen LogP contribution in [0.15, 0.2) is 40.0 Å². The molecule has 6 heteroatoms. The monoisotopic (exact) mass is 411 g/mol. The van der Waals surface area contributed by atoms with E-state index in [4.69, 9.17) is 9.73 Å². The van der Waals surface area contributed by atoms with Gasteiger partial charge in [-0.05, 0) is 61.6 Å². The summed E-state index contributed by atoms with van der Waals surface area (Å²) < 4.78 is 5.32. The quantitative estimate of drug-likeness (QED) is 0.392. The predicted molar refractivity (Wildman–Crippen MR) is 120 cm³/mol. The number of carbonyl (C=O) groups is 1. The van der Waals surface area contributed by atoms with Crippen LogP contribution in [0.3, 0.4) is 0 Å². The van der Waals surface area contributed by atoms with Gasteiger partial charge in [0.1, 0.15) is 11.6 Å². The first kappa shape index (κ1) is 22.1. The smallest absolute Gasteiger partial charge is 0.339 e. The number of aryl methyl sites for hydroxylation is 1. The number of benzene rings is 1. The van der Waals surface area contributed by atoms with Crippen LogP contribution in [-0.4, -0.2) is 47.7 Å². The summed E-state index contributed by atoms with van der Waals surface area (Å²) in [4.78, 5) is 23.5. The molecular formula is C24H33N3O3. The average Bonchev–Trinajstić information content (AvgIpc) is 3.34. The molecule has 2 aliphatic rings. The lowest BCUT2D eigenvalue weighted by molar-refractivity contribution is -0.132. The fraction of sp³-hybridized carbons (Fsp3) is 0.542. The van der Waals surface area contributed by atoms with Crippen molar-refractivity contribution in [3.05, 3.63) is 41.1 Å². The second-order valence-electron chi connectivity index (χ2n) is 8.50. The molecule has 0 aromatic heterocycles. The zero-order valence-corrected chi connectivity index (χ0v) is 18.7. The Morgan fingerprint density at radius 2 is 2.07 bits per heavy atom. The van der Waals surface area contributed by atoms with E-state index in [0.717, 1.165) is 54.1 Å². The molecule has 3 unspecified atom stereocenters. The van der Waals surface area contributed by atoms with Gasteiger partial charge in [-0.2, -0.15) is 0 Å². The van der Waals surface area contributed by atoms with Crippen molar-refractivity contribution in [2.24, 2.45) is 27.7 Å². The van der Waals surface area contributed by atoms with Crippen LogP contribution in [-0.2, 0) is 11.3 Å². The highest BCUT2D eigenvalue weighted by Crippen LogP contribution is 2.44. The van der Waals surface area contributed by atoms with E-state index in [9.17, 15) is 9.90 Å². The summed E-state index contributed by atoms with van der Waals surface area (Å²) >= 11 is 0. The third-order valence-corrected chi connectivity index (χ3v) is 6.29. The molecule has 1 saturated carbocycles. The Labute approximate surface area is 179 Å². The maximum absolute atomic E-state index is 12.1. The highest BCUT2D eigenvalue weighted by Gasteiger charge is 2.45. The van der Waals surface area contributed by atoms with Gasteiger partial charge in [0.15, 0.2) is 0 Å². The molecule has 1 saturated heterocycles. The van der Waals surface area contributed by atoms with E-state index in [-0.39, 0.29) is 11.5 Å². The van der Waals surface area contributed by atoms with E-state index in [1.54, 1.807) is 7.11 Å². The zero-order chi connectivity index (χ0) is 21.8. The molecule has 6 nitrogen and oxygen atoms in total. The molecule has 1 aromatic carbocycles. The van der Waals surface area contributed by atoms with Gasteiger partial charge < -0.3 is 14.7 Å². The number of ether oxygens (including phenoxy) is 1. The Morgan fingerprint density at radius 3 is 2.63 bits per heavy atom. The standard InChI is InChI=1S/C24H33N3O3/c1-6-15(2)23(26-11-18-7-8-22(30-5)16(3)9-18)21(24(28)29)12-25-17(4)27-13-19-10-20(19)14-27/h7-9,12,15,19-20H,6,10-11,13-14H2,1-5H3,(H,28,29)/b21-12+,25-17?,26-23?. The number of hydrogen-bond donors (Lipinski definition) is 1. The molecule has 0 spiro atoms. The van der Waals surface area contributed by atoms with Crippen molar-refractivity contribution >= 4 is 17.5 Å². The maximum atomic E-state index is 12.1. The van der Waals surface area contributed by atoms with E-state index < -0.39 is 5.97 Å². The van der Waals surface area contributed by atoms with Gasteiger partial charge in [-0.1, -0.05) is 26.0 Å². The second kappa shape index (κ2) is 9.45. The molecule has 0 bridgehead atoms. The van der Waals surface area contributed by atoms with Gasteiger partial charge >= 0.3 is 5.97 Å². The molecule has 2 fully saturated rings. The predicted octanol–water partition coefficient (Wildman–Crippen LogP) is 4.33. The molecule has 3 atom stereocenters. The van der Waals surface area contributed by atoms with E-state index in [1.807, 2.05) is 45.9 Å². The normalized spacial score (nSPS) is 22.7. The molecule has 0 radical (unpaired) electrons. The number of aliphatic imine (C=N–C) groups is 2. The number of carboxylic acids is 1. The van der Waals surface area contributed by atoms with Gasteiger partial charge in [0, 0.05) is 19.3 Å². The van der Waals surface area contributed by atoms with E-state index >= 15 is 0 Å². The number of fused-ring (bicyclic) bond motifs is 1. The van der Waals surface area contributed by atoms with E-state index in [1.165, 1.54) is 12.6 Å². The third kappa shape index (κ3) is 5.10. The minimum atomic E-state index is -0.985. The number of aliphatic carboxylic acids is 1. The minimum Gasteiger partial charge on any atom is -0.496 e. The lowest BCUT2D eigenvalue weighted by Gasteiger charge is -2.19. The lowest BCUT2D eigenvalue weighted by atomic mass is 9.96. The van der Waals surface area contributed by atoms with Crippen molar-refractivity contribution < 1.29 is 14.6 Å². The van der Waals surface area contributed by atoms with Crippen molar-refractivity contribution in [2.45, 2.75) is 47.1 Å². The summed E-state index contributed by atoms with van der Waals surface area (Å²) in [5, 5.41) is 9.88. The number of piperidine rings is 1.